The molecule has 1 N–H and O–H groups in total. The molecule has 0 fully saturated rings. The van der Waals surface area contributed by atoms with Crippen LogP contribution in [0.25, 0.3) is 0 Å². The number of sulfonamides is 1. The van der Waals surface area contributed by atoms with Crippen molar-refractivity contribution in [2.75, 3.05) is 23.7 Å². The monoisotopic (exact) mass is 551 g/mol. The zero-order valence-corrected chi connectivity index (χ0v) is 22.9. The molecule has 186 valence electrons. The molecule has 0 aliphatic carbocycles. The Morgan fingerprint density at radius 3 is 2.29 bits per heavy atom. The number of halogens is 1. The second kappa shape index (κ2) is 12.4. The van der Waals surface area contributed by atoms with Gasteiger partial charge in [-0.15, -0.1) is 0 Å². The van der Waals surface area contributed by atoms with Gasteiger partial charge in [-0.1, -0.05) is 54.0 Å². The number of rotatable bonds is 11. The van der Waals surface area contributed by atoms with E-state index in [1.165, 1.54) is 4.90 Å². The molecule has 2 aromatic carbocycles. The van der Waals surface area contributed by atoms with Crippen LogP contribution in [0, 0.1) is 13.8 Å². The van der Waals surface area contributed by atoms with Gasteiger partial charge in [0.1, 0.15) is 12.6 Å². The minimum atomic E-state index is -3.75. The second-order valence-corrected chi connectivity index (χ2v) is 11.1. The summed E-state index contributed by atoms with van der Waals surface area (Å²) in [7, 11) is -3.75. The van der Waals surface area contributed by atoms with Crippen LogP contribution in [0.3, 0.4) is 0 Å². The summed E-state index contributed by atoms with van der Waals surface area (Å²) >= 11 is 3.42. The average molecular weight is 553 g/mol. The largest absolute Gasteiger partial charge is 0.354 e. The van der Waals surface area contributed by atoms with Crippen LogP contribution >= 0.6 is 15.9 Å². The van der Waals surface area contributed by atoms with E-state index in [4.69, 9.17) is 0 Å². The van der Waals surface area contributed by atoms with Gasteiger partial charge in [0.2, 0.25) is 21.8 Å². The third-order valence-electron chi connectivity index (χ3n) is 5.65. The van der Waals surface area contributed by atoms with Gasteiger partial charge in [0.15, 0.2) is 0 Å². The van der Waals surface area contributed by atoms with Crippen molar-refractivity contribution in [1.29, 1.82) is 0 Å². The van der Waals surface area contributed by atoms with Gasteiger partial charge in [-0.2, -0.15) is 0 Å². The van der Waals surface area contributed by atoms with Crippen LogP contribution in [0.15, 0.2) is 46.9 Å². The smallest absolute Gasteiger partial charge is 0.244 e. The Hall–Kier alpha value is -2.39. The number of hydrogen-bond acceptors (Lipinski definition) is 4. The molecule has 9 heteroatoms. The van der Waals surface area contributed by atoms with Crippen molar-refractivity contribution in [1.82, 2.24) is 10.2 Å². The minimum Gasteiger partial charge on any atom is -0.354 e. The first-order valence-electron chi connectivity index (χ1n) is 11.3. The summed E-state index contributed by atoms with van der Waals surface area (Å²) in [5.41, 5.74) is 3.15. The molecule has 0 spiro atoms. The Bertz CT molecular complexity index is 1120. The number of amides is 2. The highest BCUT2D eigenvalue weighted by Crippen LogP contribution is 2.25. The topological polar surface area (TPSA) is 86.8 Å². The molecule has 2 amide bonds. The van der Waals surface area contributed by atoms with Crippen LogP contribution in [0.1, 0.15) is 43.4 Å². The summed E-state index contributed by atoms with van der Waals surface area (Å²) in [5.74, 6) is -0.676. The van der Waals surface area contributed by atoms with Gasteiger partial charge in [0.25, 0.3) is 0 Å². The third kappa shape index (κ3) is 7.30. The fourth-order valence-corrected chi connectivity index (χ4v) is 4.74. The standard InChI is InChI=1S/C25H34BrN3O4S/c1-6-14-27-25(31)23(7-2)28(16-20-11-9-8-10-18(20)3)24(30)17-29(34(5,32)33)21-12-13-22(26)19(4)15-21/h8-13,15,23H,6-7,14,16-17H2,1-5H3,(H,27,31). The Balaban J connectivity index is 2.46. The first-order chi connectivity index (χ1) is 16.0. The van der Waals surface area contributed by atoms with E-state index < -0.39 is 28.5 Å². The predicted octanol–water partition coefficient (Wildman–Crippen LogP) is 4.17. The summed E-state index contributed by atoms with van der Waals surface area (Å²) in [6, 6.07) is 12.1. The molecular weight excluding hydrogens is 518 g/mol. The minimum absolute atomic E-state index is 0.209. The number of carbonyl (C=O) groups is 2. The lowest BCUT2D eigenvalue weighted by Gasteiger charge is -2.33. The highest BCUT2D eigenvalue weighted by Gasteiger charge is 2.31. The van der Waals surface area contributed by atoms with Gasteiger partial charge < -0.3 is 10.2 Å². The lowest BCUT2D eigenvalue weighted by atomic mass is 10.1. The molecule has 1 unspecified atom stereocenters. The van der Waals surface area contributed by atoms with E-state index >= 15 is 0 Å². The molecule has 0 heterocycles. The summed E-state index contributed by atoms with van der Waals surface area (Å²) in [6.45, 7) is 7.93. The molecule has 0 bridgehead atoms. The van der Waals surface area contributed by atoms with Crippen molar-refractivity contribution in [2.24, 2.45) is 0 Å². The normalized spacial score (nSPS) is 12.2. The fraction of sp³-hybridized carbons (Fsp3) is 0.440. The first kappa shape index (κ1) is 27.9. The summed E-state index contributed by atoms with van der Waals surface area (Å²) in [4.78, 5) is 28.1. The van der Waals surface area contributed by atoms with Crippen molar-refractivity contribution < 1.29 is 18.0 Å². The van der Waals surface area contributed by atoms with Gasteiger partial charge in [0.05, 0.1) is 11.9 Å². The zero-order valence-electron chi connectivity index (χ0n) is 20.5. The number of anilines is 1. The second-order valence-electron chi connectivity index (χ2n) is 8.37. The van der Waals surface area contributed by atoms with Crippen LogP contribution in [0.4, 0.5) is 5.69 Å². The van der Waals surface area contributed by atoms with E-state index in [1.54, 1.807) is 18.2 Å². The number of carbonyl (C=O) groups excluding carboxylic acids is 2. The molecule has 34 heavy (non-hydrogen) atoms. The predicted molar refractivity (Wildman–Crippen MR) is 140 cm³/mol. The maximum atomic E-state index is 13.7. The molecular formula is C25H34BrN3O4S. The first-order valence-corrected chi connectivity index (χ1v) is 14.0. The molecule has 0 saturated heterocycles. The summed E-state index contributed by atoms with van der Waals surface area (Å²) in [6.07, 6.45) is 2.26. The molecule has 0 radical (unpaired) electrons. The molecule has 0 aromatic heterocycles. The van der Waals surface area contributed by atoms with Crippen molar-refractivity contribution in [3.63, 3.8) is 0 Å². The summed E-state index contributed by atoms with van der Waals surface area (Å²) in [5, 5.41) is 2.88. The number of aryl methyl sites for hydroxylation is 2. The molecule has 0 aliphatic heterocycles. The lowest BCUT2D eigenvalue weighted by Crippen LogP contribution is -2.52. The van der Waals surface area contributed by atoms with Crippen LogP contribution < -0.4 is 9.62 Å². The maximum Gasteiger partial charge on any atom is 0.244 e. The Morgan fingerprint density at radius 1 is 1.06 bits per heavy atom. The van der Waals surface area contributed by atoms with Gasteiger partial charge in [-0.05, 0) is 61.6 Å². The highest BCUT2D eigenvalue weighted by molar-refractivity contribution is 9.10. The highest BCUT2D eigenvalue weighted by atomic mass is 79.9. The van der Waals surface area contributed by atoms with E-state index in [0.717, 1.165) is 38.1 Å². The number of benzene rings is 2. The quantitative estimate of drug-likeness (QED) is 0.454. The van der Waals surface area contributed by atoms with E-state index in [2.05, 4.69) is 21.2 Å². The van der Waals surface area contributed by atoms with Crippen molar-refractivity contribution in [3.8, 4) is 0 Å². The number of nitrogens with one attached hydrogen (secondary N) is 1. The number of hydrogen-bond donors (Lipinski definition) is 1. The van der Waals surface area contributed by atoms with Crippen LogP contribution in [0.2, 0.25) is 0 Å². The van der Waals surface area contributed by atoms with Crippen LogP contribution in [0.5, 0.6) is 0 Å². The fourth-order valence-electron chi connectivity index (χ4n) is 3.65. The molecule has 7 nitrogen and oxygen atoms in total. The molecule has 2 aromatic rings. The zero-order chi connectivity index (χ0) is 25.5. The summed E-state index contributed by atoms with van der Waals surface area (Å²) < 4.78 is 27.3. The maximum absolute atomic E-state index is 13.7. The molecule has 1 atom stereocenters. The van der Waals surface area contributed by atoms with Gasteiger partial charge in [-0.3, -0.25) is 13.9 Å². The van der Waals surface area contributed by atoms with Crippen molar-refractivity contribution in [2.45, 2.75) is 53.1 Å². The van der Waals surface area contributed by atoms with Gasteiger partial charge >= 0.3 is 0 Å². The van der Waals surface area contributed by atoms with E-state index in [1.807, 2.05) is 52.0 Å². The molecule has 0 aliphatic rings. The van der Waals surface area contributed by atoms with Gasteiger partial charge in [0, 0.05) is 17.6 Å². The lowest BCUT2D eigenvalue weighted by molar-refractivity contribution is -0.140. The van der Waals surface area contributed by atoms with Crippen molar-refractivity contribution >= 4 is 43.5 Å². The van der Waals surface area contributed by atoms with E-state index in [-0.39, 0.29) is 12.5 Å². The van der Waals surface area contributed by atoms with Crippen LogP contribution in [-0.2, 0) is 26.2 Å². The number of nitrogens with zero attached hydrogens (tertiary/aromatic N) is 2. The Morgan fingerprint density at radius 2 is 1.74 bits per heavy atom. The average Bonchev–Trinajstić information content (AvgIpc) is 2.78. The SMILES string of the molecule is CCCNC(=O)C(CC)N(Cc1ccccc1C)C(=O)CN(c1ccc(Br)c(C)c1)S(C)(=O)=O. The molecule has 2 rings (SSSR count). The van der Waals surface area contributed by atoms with E-state index in [9.17, 15) is 18.0 Å². The van der Waals surface area contributed by atoms with E-state index in [0.29, 0.717) is 18.7 Å². The third-order valence-corrected chi connectivity index (χ3v) is 7.68. The van der Waals surface area contributed by atoms with Gasteiger partial charge in [-0.25, -0.2) is 8.42 Å². The van der Waals surface area contributed by atoms with Crippen molar-refractivity contribution in [3.05, 3.63) is 63.6 Å². The molecule has 0 saturated carbocycles. The Labute approximate surface area is 211 Å². The van der Waals surface area contributed by atoms with Crippen LogP contribution in [-0.4, -0.2) is 50.5 Å². The Kier molecular flexibility index (Phi) is 10.1.